The van der Waals surface area contributed by atoms with Crippen LogP contribution in [0.2, 0.25) is 0 Å². The standard InChI is InChI=1S/C16H13NO5/c1-22-16(21)12-4-2-10(3-5-12)14(18)17-13-8-6-11(7-9-13)15(19)20/h2-9H,1H3,(H,17,18)(H,19,20). The van der Waals surface area contributed by atoms with Crippen LogP contribution in [0, 0.1) is 0 Å². The number of anilines is 1. The molecule has 0 aliphatic carbocycles. The largest absolute Gasteiger partial charge is 0.478 e. The van der Waals surface area contributed by atoms with Gasteiger partial charge in [0.2, 0.25) is 0 Å². The van der Waals surface area contributed by atoms with Crippen molar-refractivity contribution in [2.45, 2.75) is 0 Å². The van der Waals surface area contributed by atoms with Crippen LogP contribution in [0.4, 0.5) is 5.69 Å². The van der Waals surface area contributed by atoms with Gasteiger partial charge >= 0.3 is 11.9 Å². The number of methoxy groups -OCH3 is 1. The molecule has 2 aromatic rings. The van der Waals surface area contributed by atoms with Crippen molar-refractivity contribution in [3.05, 3.63) is 65.2 Å². The quantitative estimate of drug-likeness (QED) is 0.846. The summed E-state index contributed by atoms with van der Waals surface area (Å²) in [4.78, 5) is 34.1. The first-order chi connectivity index (χ1) is 10.5. The molecule has 2 N–H and O–H groups in total. The van der Waals surface area contributed by atoms with Crippen LogP contribution >= 0.6 is 0 Å². The van der Waals surface area contributed by atoms with Gasteiger partial charge in [-0.15, -0.1) is 0 Å². The highest BCUT2D eigenvalue weighted by Gasteiger charge is 2.09. The molecule has 0 atom stereocenters. The van der Waals surface area contributed by atoms with E-state index in [0.29, 0.717) is 16.8 Å². The summed E-state index contributed by atoms with van der Waals surface area (Å²) in [7, 11) is 1.28. The Morgan fingerprint density at radius 3 is 1.86 bits per heavy atom. The van der Waals surface area contributed by atoms with Crippen molar-refractivity contribution in [1.82, 2.24) is 0 Å². The molecule has 0 radical (unpaired) electrons. The number of esters is 1. The lowest BCUT2D eigenvalue weighted by atomic mass is 10.1. The smallest absolute Gasteiger partial charge is 0.337 e. The predicted octanol–water partition coefficient (Wildman–Crippen LogP) is 2.42. The van der Waals surface area contributed by atoms with Gasteiger partial charge in [-0.05, 0) is 48.5 Å². The lowest BCUT2D eigenvalue weighted by Crippen LogP contribution is -2.12. The first kappa shape index (κ1) is 15.2. The molecule has 112 valence electrons. The molecule has 22 heavy (non-hydrogen) atoms. The molecule has 0 unspecified atom stereocenters. The van der Waals surface area contributed by atoms with E-state index in [9.17, 15) is 14.4 Å². The Morgan fingerprint density at radius 2 is 1.36 bits per heavy atom. The molecule has 0 aromatic heterocycles. The summed E-state index contributed by atoms with van der Waals surface area (Å²) in [6.45, 7) is 0. The molecule has 2 rings (SSSR count). The molecule has 6 nitrogen and oxygen atoms in total. The monoisotopic (exact) mass is 299 g/mol. The van der Waals surface area contributed by atoms with E-state index in [1.807, 2.05) is 0 Å². The highest BCUT2D eigenvalue weighted by molar-refractivity contribution is 6.05. The third-order valence-electron chi connectivity index (χ3n) is 2.96. The number of carbonyl (C=O) groups is 3. The topological polar surface area (TPSA) is 92.7 Å². The average molecular weight is 299 g/mol. The number of amides is 1. The Hall–Kier alpha value is -3.15. The number of ether oxygens (including phenoxy) is 1. The van der Waals surface area contributed by atoms with Crippen LogP contribution in [0.3, 0.4) is 0 Å². The molecule has 0 saturated heterocycles. The summed E-state index contributed by atoms with van der Waals surface area (Å²) in [5, 5.41) is 11.4. The van der Waals surface area contributed by atoms with Gasteiger partial charge in [-0.3, -0.25) is 4.79 Å². The summed E-state index contributed by atoms with van der Waals surface area (Å²) in [5.74, 6) is -1.87. The maximum Gasteiger partial charge on any atom is 0.337 e. The highest BCUT2D eigenvalue weighted by Crippen LogP contribution is 2.12. The number of aromatic carboxylic acids is 1. The van der Waals surface area contributed by atoms with Gasteiger partial charge in [-0.1, -0.05) is 0 Å². The lowest BCUT2D eigenvalue weighted by Gasteiger charge is -2.06. The normalized spacial score (nSPS) is 9.86. The molecule has 0 bridgehead atoms. The summed E-state index contributed by atoms with van der Waals surface area (Å²) in [6, 6.07) is 11.8. The Balaban J connectivity index is 2.08. The third kappa shape index (κ3) is 3.49. The van der Waals surface area contributed by atoms with Gasteiger partial charge in [0.15, 0.2) is 0 Å². The van der Waals surface area contributed by atoms with E-state index in [1.165, 1.54) is 55.6 Å². The second kappa shape index (κ2) is 6.53. The van der Waals surface area contributed by atoms with Crippen LogP contribution in [0.15, 0.2) is 48.5 Å². The van der Waals surface area contributed by atoms with Crippen molar-refractivity contribution >= 4 is 23.5 Å². The van der Waals surface area contributed by atoms with Crippen molar-refractivity contribution in [3.63, 3.8) is 0 Å². The Bertz CT molecular complexity index is 704. The fraction of sp³-hybridized carbons (Fsp3) is 0.0625. The van der Waals surface area contributed by atoms with E-state index in [4.69, 9.17) is 5.11 Å². The van der Waals surface area contributed by atoms with Crippen LogP contribution in [-0.4, -0.2) is 30.1 Å². The molecule has 0 heterocycles. The molecular weight excluding hydrogens is 286 g/mol. The molecule has 0 saturated carbocycles. The number of carbonyl (C=O) groups excluding carboxylic acids is 2. The van der Waals surface area contributed by atoms with Gasteiger partial charge in [0.05, 0.1) is 18.2 Å². The van der Waals surface area contributed by atoms with Gasteiger partial charge in [0, 0.05) is 11.3 Å². The lowest BCUT2D eigenvalue weighted by molar-refractivity contribution is 0.0599. The minimum absolute atomic E-state index is 0.139. The van der Waals surface area contributed by atoms with E-state index < -0.39 is 11.9 Å². The van der Waals surface area contributed by atoms with Crippen molar-refractivity contribution in [2.75, 3.05) is 12.4 Å². The third-order valence-corrected chi connectivity index (χ3v) is 2.96. The van der Waals surface area contributed by atoms with Gasteiger partial charge < -0.3 is 15.2 Å². The first-order valence-electron chi connectivity index (χ1n) is 6.34. The van der Waals surface area contributed by atoms with Gasteiger partial charge in [0.25, 0.3) is 5.91 Å². The van der Waals surface area contributed by atoms with E-state index in [0.717, 1.165) is 0 Å². The van der Waals surface area contributed by atoms with Gasteiger partial charge in [-0.25, -0.2) is 9.59 Å². The number of hydrogen-bond acceptors (Lipinski definition) is 4. The minimum Gasteiger partial charge on any atom is -0.478 e. The summed E-state index contributed by atoms with van der Waals surface area (Å²) >= 11 is 0. The first-order valence-corrected chi connectivity index (χ1v) is 6.34. The zero-order valence-electron chi connectivity index (χ0n) is 11.7. The van der Waals surface area contributed by atoms with Crippen LogP contribution in [0.1, 0.15) is 31.1 Å². The van der Waals surface area contributed by atoms with E-state index in [-0.39, 0.29) is 11.5 Å². The number of benzene rings is 2. The van der Waals surface area contributed by atoms with Crippen LogP contribution in [0.25, 0.3) is 0 Å². The fourth-order valence-electron chi connectivity index (χ4n) is 1.77. The van der Waals surface area contributed by atoms with Crippen molar-refractivity contribution in [1.29, 1.82) is 0 Å². The second-order valence-corrected chi connectivity index (χ2v) is 4.41. The van der Waals surface area contributed by atoms with Crippen LogP contribution in [0.5, 0.6) is 0 Å². The number of hydrogen-bond donors (Lipinski definition) is 2. The molecule has 0 aliphatic rings. The number of rotatable bonds is 4. The van der Waals surface area contributed by atoms with Gasteiger partial charge in [-0.2, -0.15) is 0 Å². The molecule has 0 aliphatic heterocycles. The number of nitrogens with one attached hydrogen (secondary N) is 1. The van der Waals surface area contributed by atoms with Crippen LogP contribution in [-0.2, 0) is 4.74 Å². The Morgan fingerprint density at radius 1 is 0.864 bits per heavy atom. The molecule has 2 aromatic carbocycles. The molecule has 1 amide bonds. The summed E-state index contributed by atoms with van der Waals surface area (Å²) in [6.07, 6.45) is 0. The molecule has 0 spiro atoms. The summed E-state index contributed by atoms with van der Waals surface area (Å²) < 4.78 is 4.58. The van der Waals surface area contributed by atoms with Crippen molar-refractivity contribution in [3.8, 4) is 0 Å². The molecule has 0 fully saturated rings. The minimum atomic E-state index is -1.03. The van der Waals surface area contributed by atoms with E-state index >= 15 is 0 Å². The van der Waals surface area contributed by atoms with Crippen molar-refractivity contribution in [2.24, 2.45) is 0 Å². The van der Waals surface area contributed by atoms with E-state index in [2.05, 4.69) is 10.1 Å². The van der Waals surface area contributed by atoms with Crippen molar-refractivity contribution < 1.29 is 24.2 Å². The molecule has 6 heteroatoms. The second-order valence-electron chi connectivity index (χ2n) is 4.41. The zero-order chi connectivity index (χ0) is 16.1. The molecular formula is C16H13NO5. The SMILES string of the molecule is COC(=O)c1ccc(C(=O)Nc2ccc(C(=O)O)cc2)cc1. The highest BCUT2D eigenvalue weighted by atomic mass is 16.5. The predicted molar refractivity (Wildman–Crippen MR) is 79.1 cm³/mol. The van der Waals surface area contributed by atoms with Crippen LogP contribution < -0.4 is 5.32 Å². The number of carboxylic acid groups (broad SMARTS) is 1. The average Bonchev–Trinajstić information content (AvgIpc) is 2.54. The number of carboxylic acids is 1. The van der Waals surface area contributed by atoms with E-state index in [1.54, 1.807) is 0 Å². The maximum absolute atomic E-state index is 12.0. The fourth-order valence-corrected chi connectivity index (χ4v) is 1.77. The summed E-state index contributed by atoms with van der Waals surface area (Å²) in [5.41, 5.74) is 1.34. The van der Waals surface area contributed by atoms with Gasteiger partial charge in [0.1, 0.15) is 0 Å². The maximum atomic E-state index is 12.0. The Labute approximate surface area is 126 Å². The Kier molecular flexibility index (Phi) is 4.53. The zero-order valence-corrected chi connectivity index (χ0v) is 11.7.